The highest BCUT2D eigenvalue weighted by Gasteiger charge is 2.38. The molecule has 0 aliphatic heterocycles. The minimum Gasteiger partial charge on any atom is -0.298 e. The van der Waals surface area contributed by atoms with Crippen LogP contribution in [-0.4, -0.2) is 19.5 Å². The van der Waals surface area contributed by atoms with E-state index in [1.165, 1.54) is 0 Å². The molecule has 1 aliphatic carbocycles. The Labute approximate surface area is 107 Å². The van der Waals surface area contributed by atoms with Crippen molar-refractivity contribution in [3.8, 4) is 0 Å². The van der Waals surface area contributed by atoms with Gasteiger partial charge in [0.15, 0.2) is 5.78 Å². The topological polar surface area (TPSA) is 63.2 Å². The minimum absolute atomic E-state index is 0.106. The quantitative estimate of drug-likeness (QED) is 0.854. The highest BCUT2D eigenvalue weighted by molar-refractivity contribution is 7.90. The molecule has 1 saturated carbocycles. The Balaban J connectivity index is 2.24. The predicted molar refractivity (Wildman–Crippen MR) is 69.6 cm³/mol. The first-order chi connectivity index (χ1) is 8.54. The molecule has 2 rings (SSSR count). The van der Waals surface area contributed by atoms with Gasteiger partial charge in [-0.05, 0) is 18.4 Å². The average molecular weight is 267 g/mol. The van der Waals surface area contributed by atoms with Crippen molar-refractivity contribution in [3.63, 3.8) is 0 Å². The van der Waals surface area contributed by atoms with Gasteiger partial charge in [0.05, 0.1) is 5.25 Å². The van der Waals surface area contributed by atoms with Gasteiger partial charge in [0.25, 0.3) is 0 Å². The summed E-state index contributed by atoms with van der Waals surface area (Å²) >= 11 is 0. The lowest BCUT2D eigenvalue weighted by molar-refractivity contribution is -0.120. The summed E-state index contributed by atoms with van der Waals surface area (Å²) in [6.45, 7) is 1.74. The van der Waals surface area contributed by atoms with Crippen LogP contribution in [-0.2, 0) is 14.8 Å². The summed E-state index contributed by atoms with van der Waals surface area (Å²) in [7, 11) is -3.36. The molecule has 0 bridgehead atoms. The number of rotatable bonds is 6. The van der Waals surface area contributed by atoms with Gasteiger partial charge in [-0.2, -0.15) is 0 Å². The molecule has 1 fully saturated rings. The zero-order valence-corrected chi connectivity index (χ0v) is 11.1. The Bertz CT molecular complexity index is 520. The number of hydrogen-bond donors (Lipinski definition) is 1. The molecular weight excluding hydrogens is 250 g/mol. The average Bonchev–Trinajstić information content (AvgIpc) is 3.21. The van der Waals surface area contributed by atoms with Gasteiger partial charge in [-0.1, -0.05) is 37.3 Å². The number of carbonyl (C=O) groups is 1. The van der Waals surface area contributed by atoms with E-state index in [1.54, 1.807) is 31.2 Å². The summed E-state index contributed by atoms with van der Waals surface area (Å²) in [6.07, 6.45) is 1.70. The van der Waals surface area contributed by atoms with Gasteiger partial charge >= 0.3 is 0 Å². The molecule has 4 nitrogen and oxygen atoms in total. The largest absolute Gasteiger partial charge is 0.298 e. The van der Waals surface area contributed by atoms with Crippen molar-refractivity contribution in [1.29, 1.82) is 0 Å². The Morgan fingerprint density at radius 3 is 2.44 bits per heavy atom. The van der Waals surface area contributed by atoms with Crippen LogP contribution in [0.15, 0.2) is 30.3 Å². The molecule has 0 heterocycles. The molecule has 1 N–H and O–H groups in total. The van der Waals surface area contributed by atoms with Gasteiger partial charge in [-0.15, -0.1) is 0 Å². The van der Waals surface area contributed by atoms with Gasteiger partial charge in [-0.3, -0.25) is 4.79 Å². The molecule has 1 aromatic rings. The SMILES string of the molecule is CCC(=O)C(NS(=O)(=O)C1CC1)c1ccccc1. The summed E-state index contributed by atoms with van der Waals surface area (Å²) in [6, 6.07) is 8.24. The van der Waals surface area contributed by atoms with Gasteiger partial charge in [0.1, 0.15) is 6.04 Å². The van der Waals surface area contributed by atoms with Crippen LogP contribution in [0.3, 0.4) is 0 Å². The fraction of sp³-hybridized carbons (Fsp3) is 0.462. The second-order valence-electron chi connectivity index (χ2n) is 4.53. The lowest BCUT2D eigenvalue weighted by Crippen LogP contribution is -2.35. The van der Waals surface area contributed by atoms with E-state index in [0.717, 1.165) is 0 Å². The van der Waals surface area contributed by atoms with Crippen LogP contribution >= 0.6 is 0 Å². The van der Waals surface area contributed by atoms with Crippen LogP contribution in [0.2, 0.25) is 0 Å². The van der Waals surface area contributed by atoms with Crippen LogP contribution in [0.4, 0.5) is 0 Å². The molecule has 18 heavy (non-hydrogen) atoms. The molecule has 0 amide bonds. The summed E-state index contributed by atoms with van der Waals surface area (Å²) in [4.78, 5) is 11.9. The zero-order chi connectivity index (χ0) is 13.2. The first kappa shape index (κ1) is 13.2. The fourth-order valence-corrected chi connectivity index (χ4v) is 3.35. The minimum atomic E-state index is -3.36. The fourth-order valence-electron chi connectivity index (χ4n) is 1.81. The molecule has 1 aromatic carbocycles. The normalized spacial score (nSPS) is 17.4. The maximum atomic E-state index is 11.9. The predicted octanol–water partition coefficient (Wildman–Crippen LogP) is 1.79. The van der Waals surface area contributed by atoms with Gasteiger partial charge in [0.2, 0.25) is 10.0 Å². The number of sulfonamides is 1. The molecule has 1 unspecified atom stereocenters. The van der Waals surface area contributed by atoms with Crippen molar-refractivity contribution in [2.75, 3.05) is 0 Å². The van der Waals surface area contributed by atoms with E-state index in [-0.39, 0.29) is 11.0 Å². The van der Waals surface area contributed by atoms with Crippen LogP contribution in [0.5, 0.6) is 0 Å². The van der Waals surface area contributed by atoms with Crippen molar-refractivity contribution in [1.82, 2.24) is 4.72 Å². The Morgan fingerprint density at radius 2 is 1.94 bits per heavy atom. The van der Waals surface area contributed by atoms with Gasteiger partial charge in [0, 0.05) is 6.42 Å². The lowest BCUT2D eigenvalue weighted by Gasteiger charge is -2.17. The van der Waals surface area contributed by atoms with Crippen molar-refractivity contribution >= 4 is 15.8 Å². The number of nitrogens with one attached hydrogen (secondary N) is 1. The third-order valence-electron chi connectivity index (χ3n) is 3.05. The number of carbonyl (C=O) groups excluding carboxylic acids is 1. The van der Waals surface area contributed by atoms with Crippen molar-refractivity contribution in [3.05, 3.63) is 35.9 Å². The van der Waals surface area contributed by atoms with Gasteiger partial charge < -0.3 is 0 Å². The van der Waals surface area contributed by atoms with E-state index >= 15 is 0 Å². The third kappa shape index (κ3) is 2.97. The van der Waals surface area contributed by atoms with E-state index in [4.69, 9.17) is 0 Å². The molecule has 0 aromatic heterocycles. The molecule has 1 aliphatic rings. The second kappa shape index (κ2) is 5.20. The monoisotopic (exact) mass is 267 g/mol. The maximum absolute atomic E-state index is 11.9. The third-order valence-corrected chi connectivity index (χ3v) is 4.96. The van der Waals surface area contributed by atoms with E-state index < -0.39 is 16.1 Å². The number of ketones is 1. The highest BCUT2D eigenvalue weighted by atomic mass is 32.2. The van der Waals surface area contributed by atoms with Crippen molar-refractivity contribution < 1.29 is 13.2 Å². The molecule has 0 radical (unpaired) electrons. The summed E-state index contributed by atoms with van der Waals surface area (Å²) in [5, 5.41) is -0.312. The number of Topliss-reactive ketones (excluding diaryl/α,β-unsaturated/α-hetero) is 1. The molecule has 0 spiro atoms. The first-order valence-electron chi connectivity index (χ1n) is 6.13. The standard InChI is InChI=1S/C13H17NO3S/c1-2-12(15)13(10-6-4-3-5-7-10)14-18(16,17)11-8-9-11/h3-7,11,13-14H,2,8-9H2,1H3. The van der Waals surface area contributed by atoms with Crippen LogP contribution < -0.4 is 4.72 Å². The smallest absolute Gasteiger partial charge is 0.215 e. The van der Waals surface area contributed by atoms with Crippen LogP contribution in [0.25, 0.3) is 0 Å². The number of benzene rings is 1. The summed E-state index contributed by atoms with van der Waals surface area (Å²) < 4.78 is 26.4. The van der Waals surface area contributed by atoms with E-state index in [2.05, 4.69) is 4.72 Å². The molecule has 5 heteroatoms. The van der Waals surface area contributed by atoms with Crippen molar-refractivity contribution in [2.45, 2.75) is 37.5 Å². The lowest BCUT2D eigenvalue weighted by atomic mass is 10.0. The van der Waals surface area contributed by atoms with Crippen LogP contribution in [0.1, 0.15) is 37.8 Å². The molecule has 0 saturated heterocycles. The molecule has 1 atom stereocenters. The Hall–Kier alpha value is -1.20. The Morgan fingerprint density at radius 1 is 1.33 bits per heavy atom. The van der Waals surface area contributed by atoms with Gasteiger partial charge in [-0.25, -0.2) is 13.1 Å². The summed E-state index contributed by atoms with van der Waals surface area (Å²) in [5.41, 5.74) is 0.702. The van der Waals surface area contributed by atoms with E-state index in [9.17, 15) is 13.2 Å². The first-order valence-corrected chi connectivity index (χ1v) is 7.68. The second-order valence-corrected chi connectivity index (χ2v) is 6.52. The number of hydrogen-bond acceptors (Lipinski definition) is 3. The van der Waals surface area contributed by atoms with Crippen molar-refractivity contribution in [2.24, 2.45) is 0 Å². The molecular formula is C13H17NO3S. The van der Waals surface area contributed by atoms with Crippen LogP contribution in [0, 0.1) is 0 Å². The zero-order valence-electron chi connectivity index (χ0n) is 10.3. The van der Waals surface area contributed by atoms with E-state index in [1.807, 2.05) is 6.07 Å². The highest BCUT2D eigenvalue weighted by Crippen LogP contribution is 2.29. The maximum Gasteiger partial charge on any atom is 0.215 e. The van der Waals surface area contributed by atoms with E-state index in [0.29, 0.717) is 24.8 Å². The Kier molecular flexibility index (Phi) is 3.82. The molecule has 98 valence electrons. The summed E-state index contributed by atoms with van der Waals surface area (Å²) in [5.74, 6) is -0.106.